The van der Waals surface area contributed by atoms with Crippen molar-refractivity contribution in [1.82, 2.24) is 20.4 Å². The van der Waals surface area contributed by atoms with Gasteiger partial charge < -0.3 is 30.3 Å². The van der Waals surface area contributed by atoms with E-state index < -0.39 is 12.2 Å². The molecule has 0 aromatic heterocycles. The van der Waals surface area contributed by atoms with Gasteiger partial charge in [-0.25, -0.2) is 0 Å². The van der Waals surface area contributed by atoms with Crippen molar-refractivity contribution < 1.29 is 29.3 Å². The largest absolute Gasteiger partial charge is 0.386 e. The van der Waals surface area contributed by atoms with Crippen molar-refractivity contribution in [3.8, 4) is 0 Å². The summed E-state index contributed by atoms with van der Waals surface area (Å²) in [4.78, 5) is 29.9. The molecule has 4 rings (SSSR count). The van der Waals surface area contributed by atoms with E-state index >= 15 is 0 Å². The molecule has 2 aromatic rings. The number of morpholine rings is 2. The summed E-state index contributed by atoms with van der Waals surface area (Å²) in [5.74, 6) is 0.104. The van der Waals surface area contributed by atoms with E-state index in [0.29, 0.717) is 52.4 Å². The van der Waals surface area contributed by atoms with Crippen LogP contribution in [0.2, 0.25) is 0 Å². The summed E-state index contributed by atoms with van der Waals surface area (Å²) in [6, 6.07) is 18.7. The van der Waals surface area contributed by atoms with Crippen molar-refractivity contribution in [3.05, 3.63) is 71.8 Å². The van der Waals surface area contributed by atoms with Crippen LogP contribution in [-0.2, 0) is 19.1 Å². The lowest BCUT2D eigenvalue weighted by atomic mass is 10.0. The van der Waals surface area contributed by atoms with Crippen molar-refractivity contribution in [3.63, 3.8) is 0 Å². The molecule has 388 valence electrons. The number of ether oxygens (including phenoxy) is 2. The zero-order chi connectivity index (χ0) is 48.5. The maximum absolute atomic E-state index is 12.7. The number of amides is 2. The van der Waals surface area contributed by atoms with E-state index in [2.05, 4.69) is 34.3 Å². The molecule has 2 aromatic carbocycles. The minimum Gasteiger partial charge on any atom is -0.386 e. The number of benzene rings is 2. The van der Waals surface area contributed by atoms with E-state index in [1.54, 1.807) is 0 Å². The summed E-state index contributed by atoms with van der Waals surface area (Å²) >= 11 is 0. The topological polar surface area (TPSA) is 124 Å². The molecule has 0 saturated carbocycles. The number of rotatable bonds is 38. The third kappa shape index (κ3) is 29.4. The first-order chi connectivity index (χ1) is 33.4. The Labute approximate surface area is 415 Å². The molecule has 10 nitrogen and oxygen atoms in total. The van der Waals surface area contributed by atoms with Crippen molar-refractivity contribution in [1.29, 1.82) is 0 Å². The Kier molecular flexibility index (Phi) is 35.7. The summed E-state index contributed by atoms with van der Waals surface area (Å²) in [6.45, 7) is 12.0. The Morgan fingerprint density at radius 1 is 0.441 bits per heavy atom. The van der Waals surface area contributed by atoms with Gasteiger partial charge in [-0.3, -0.25) is 19.4 Å². The number of unbranched alkanes of at least 4 members (excludes halogenated alkanes) is 24. The van der Waals surface area contributed by atoms with E-state index in [-0.39, 0.29) is 23.9 Å². The molecular formula is C58H100N4O6. The molecule has 0 spiro atoms. The number of carbonyl (C=O) groups is 2. The third-order valence-electron chi connectivity index (χ3n) is 13.9. The van der Waals surface area contributed by atoms with E-state index in [1.165, 1.54) is 141 Å². The Morgan fingerprint density at radius 2 is 0.706 bits per heavy atom. The molecule has 0 radical (unpaired) electrons. The molecule has 0 aliphatic carbocycles. The van der Waals surface area contributed by atoms with Gasteiger partial charge in [-0.15, -0.1) is 0 Å². The van der Waals surface area contributed by atoms with Gasteiger partial charge in [0.2, 0.25) is 11.8 Å². The van der Waals surface area contributed by atoms with Gasteiger partial charge in [0.25, 0.3) is 0 Å². The SMILES string of the molecule is CCCCCCCCCCCCCCCC(=O)N[C@@H](CN1CCOCC1)[C@H](O)c1ccccc1.CCCCCCCCCCCCCCCC(=O)N[C@H](CN1CCOCC1)[C@@H](O)c1ccccc1. The highest BCUT2D eigenvalue weighted by Crippen LogP contribution is 2.21. The average molecular weight is 949 g/mol. The van der Waals surface area contributed by atoms with Crippen molar-refractivity contribution in [2.24, 2.45) is 0 Å². The van der Waals surface area contributed by atoms with Crippen LogP contribution in [0.25, 0.3) is 0 Å². The highest BCUT2D eigenvalue weighted by atomic mass is 16.5. The highest BCUT2D eigenvalue weighted by Gasteiger charge is 2.27. The quantitative estimate of drug-likeness (QED) is 0.0491. The lowest BCUT2D eigenvalue weighted by Crippen LogP contribution is -2.49. The van der Waals surface area contributed by atoms with E-state index in [0.717, 1.165) is 63.0 Å². The number of hydrogen-bond acceptors (Lipinski definition) is 8. The molecule has 4 atom stereocenters. The first-order valence-electron chi connectivity index (χ1n) is 28.1. The molecule has 4 N–H and O–H groups in total. The van der Waals surface area contributed by atoms with Crippen molar-refractivity contribution in [2.75, 3.05) is 65.7 Å². The van der Waals surface area contributed by atoms with Gasteiger partial charge in [-0.1, -0.05) is 229 Å². The molecule has 2 heterocycles. The molecule has 2 saturated heterocycles. The van der Waals surface area contributed by atoms with Gasteiger partial charge in [0.1, 0.15) is 12.2 Å². The normalized spacial score (nSPS) is 16.3. The van der Waals surface area contributed by atoms with Gasteiger partial charge in [0.05, 0.1) is 38.5 Å². The highest BCUT2D eigenvalue weighted by molar-refractivity contribution is 5.76. The van der Waals surface area contributed by atoms with Gasteiger partial charge in [-0.2, -0.15) is 0 Å². The third-order valence-corrected chi connectivity index (χ3v) is 13.9. The molecule has 0 unspecified atom stereocenters. The van der Waals surface area contributed by atoms with Crippen LogP contribution in [0, 0.1) is 0 Å². The lowest BCUT2D eigenvalue weighted by Gasteiger charge is -2.33. The summed E-state index contributed by atoms with van der Waals surface area (Å²) in [5.41, 5.74) is 1.70. The summed E-state index contributed by atoms with van der Waals surface area (Å²) in [6.07, 6.45) is 33.5. The number of aliphatic hydroxyl groups is 2. The monoisotopic (exact) mass is 949 g/mol. The maximum Gasteiger partial charge on any atom is 0.220 e. The van der Waals surface area contributed by atoms with Crippen LogP contribution in [0.1, 0.15) is 217 Å². The minimum absolute atomic E-state index is 0.0521. The molecule has 2 aliphatic rings. The molecule has 2 fully saturated rings. The molecule has 0 bridgehead atoms. The molecule has 2 aliphatic heterocycles. The van der Waals surface area contributed by atoms with Gasteiger partial charge in [-0.05, 0) is 24.0 Å². The lowest BCUT2D eigenvalue weighted by molar-refractivity contribution is -0.124. The number of aliphatic hydroxyl groups excluding tert-OH is 2. The molecule has 68 heavy (non-hydrogen) atoms. The van der Waals surface area contributed by atoms with Crippen LogP contribution in [0.3, 0.4) is 0 Å². The average Bonchev–Trinajstić information content (AvgIpc) is 3.37. The smallest absolute Gasteiger partial charge is 0.220 e. The molecule has 10 heteroatoms. The summed E-state index contributed by atoms with van der Waals surface area (Å²) < 4.78 is 10.9. The first-order valence-corrected chi connectivity index (χ1v) is 28.1. The zero-order valence-electron chi connectivity index (χ0n) is 43.4. The Bertz CT molecular complexity index is 1350. The van der Waals surface area contributed by atoms with Crippen LogP contribution in [-0.4, -0.2) is 110 Å². The fraction of sp³-hybridized carbons (Fsp3) is 0.759. The number of nitrogens with one attached hydrogen (secondary N) is 2. The first kappa shape index (κ1) is 59.4. The molecule has 2 amide bonds. The summed E-state index contributed by atoms with van der Waals surface area (Å²) in [5, 5.41) is 28.2. The Hall–Kier alpha value is -2.86. The second kappa shape index (κ2) is 40.8. The fourth-order valence-electron chi connectivity index (χ4n) is 9.50. The van der Waals surface area contributed by atoms with Crippen LogP contribution in [0.15, 0.2) is 60.7 Å². The maximum atomic E-state index is 12.7. The van der Waals surface area contributed by atoms with Gasteiger partial charge in [0.15, 0.2) is 0 Å². The van der Waals surface area contributed by atoms with Crippen LogP contribution in [0.5, 0.6) is 0 Å². The van der Waals surface area contributed by atoms with E-state index in [9.17, 15) is 19.8 Å². The predicted molar refractivity (Wildman–Crippen MR) is 282 cm³/mol. The van der Waals surface area contributed by atoms with E-state index in [4.69, 9.17) is 9.47 Å². The number of hydrogen-bond donors (Lipinski definition) is 4. The van der Waals surface area contributed by atoms with Crippen LogP contribution >= 0.6 is 0 Å². The van der Waals surface area contributed by atoms with Crippen molar-refractivity contribution in [2.45, 2.75) is 218 Å². The van der Waals surface area contributed by atoms with E-state index in [1.807, 2.05) is 60.7 Å². The zero-order valence-corrected chi connectivity index (χ0v) is 43.4. The number of nitrogens with zero attached hydrogens (tertiary/aromatic N) is 2. The van der Waals surface area contributed by atoms with Crippen LogP contribution < -0.4 is 10.6 Å². The van der Waals surface area contributed by atoms with Crippen LogP contribution in [0.4, 0.5) is 0 Å². The van der Waals surface area contributed by atoms with Gasteiger partial charge >= 0.3 is 0 Å². The minimum atomic E-state index is -0.709. The van der Waals surface area contributed by atoms with Gasteiger partial charge in [0, 0.05) is 52.1 Å². The predicted octanol–water partition coefficient (Wildman–Crippen LogP) is 12.0. The second-order valence-corrected chi connectivity index (χ2v) is 19.9. The fourth-order valence-corrected chi connectivity index (χ4v) is 9.50. The second-order valence-electron chi connectivity index (χ2n) is 19.9. The summed E-state index contributed by atoms with van der Waals surface area (Å²) in [7, 11) is 0. The standard InChI is InChI=1S/2C29H50N2O3/c2*1-2-3-4-5-6-7-8-9-10-11-12-13-17-20-28(32)30-27(25-31-21-23-34-24-22-31)29(33)26-18-15-14-16-19-26/h2*14-16,18-19,27,29,33H,2-13,17,20-25H2,1H3,(H,30,32)/t2*27-,29+/m10/s1. The Balaban J connectivity index is 0.000000360. The number of carbonyl (C=O) groups excluding carboxylic acids is 2. The van der Waals surface area contributed by atoms with Crippen molar-refractivity contribution >= 4 is 11.8 Å². The molecular weight excluding hydrogens is 849 g/mol. The Morgan fingerprint density at radius 3 is 0.985 bits per heavy atom.